The zero-order valence-corrected chi connectivity index (χ0v) is 7.66. The van der Waals surface area contributed by atoms with Gasteiger partial charge in [-0.05, 0) is 20.8 Å². The first-order valence-corrected chi connectivity index (χ1v) is 4.12. The zero-order chi connectivity index (χ0) is 9.30. The topological polar surface area (TPSA) is 47.2 Å². The summed E-state index contributed by atoms with van der Waals surface area (Å²) in [6.07, 6.45) is 0. The van der Waals surface area contributed by atoms with Crippen molar-refractivity contribution in [3.8, 4) is 5.88 Å². The summed E-state index contributed by atoms with van der Waals surface area (Å²) in [7, 11) is 0. The number of aromatic hydroxyl groups is 1. The second kappa shape index (κ2) is 3.05. The first kappa shape index (κ1) is 8.90. The Morgan fingerprint density at radius 3 is 2.08 bits per heavy atom. The van der Waals surface area contributed by atoms with Crippen molar-refractivity contribution in [1.29, 1.82) is 0 Å². The Kier molecular flexibility index (Phi) is 2.26. The summed E-state index contributed by atoms with van der Waals surface area (Å²) in [6.45, 7) is 6.62. The molecule has 1 N–H and O–H groups in total. The van der Waals surface area contributed by atoms with E-state index in [-0.39, 0.29) is 11.4 Å². The molecular weight excluding hydrogens is 156 g/mol. The van der Waals surface area contributed by atoms with Crippen LogP contribution in [0.2, 0.25) is 0 Å². The minimum atomic E-state index is -0.100. The molecule has 1 heterocycles. The van der Waals surface area contributed by atoms with Gasteiger partial charge in [0.25, 0.3) is 5.56 Å². The molecule has 0 saturated carbocycles. The summed E-state index contributed by atoms with van der Waals surface area (Å²) in [5.74, 6) is 0.0874. The van der Waals surface area contributed by atoms with Crippen molar-refractivity contribution in [2.24, 2.45) is 0 Å². The lowest BCUT2D eigenvalue weighted by Gasteiger charge is -2.06. The molecule has 0 unspecified atom stereocenters. The van der Waals surface area contributed by atoms with Crippen molar-refractivity contribution >= 4 is 0 Å². The van der Waals surface area contributed by atoms with E-state index in [0.29, 0.717) is 18.7 Å². The molecule has 0 aliphatic heterocycles. The third-order valence-corrected chi connectivity index (χ3v) is 2.03. The lowest BCUT2D eigenvalue weighted by Crippen LogP contribution is -2.22. The van der Waals surface area contributed by atoms with Gasteiger partial charge in [-0.25, -0.2) is 4.68 Å². The van der Waals surface area contributed by atoms with Crippen molar-refractivity contribution in [3.63, 3.8) is 0 Å². The average Bonchev–Trinajstić information content (AvgIpc) is 2.29. The number of hydrogen-bond acceptors (Lipinski definition) is 2. The van der Waals surface area contributed by atoms with Gasteiger partial charge < -0.3 is 5.11 Å². The van der Waals surface area contributed by atoms with Crippen LogP contribution >= 0.6 is 0 Å². The maximum absolute atomic E-state index is 11.4. The minimum Gasteiger partial charge on any atom is -0.493 e. The summed E-state index contributed by atoms with van der Waals surface area (Å²) in [5.41, 5.74) is 0.329. The highest BCUT2D eigenvalue weighted by molar-refractivity contribution is 5.21. The fourth-order valence-electron chi connectivity index (χ4n) is 1.34. The molecule has 0 fully saturated rings. The van der Waals surface area contributed by atoms with Crippen molar-refractivity contribution in [1.82, 2.24) is 9.36 Å². The van der Waals surface area contributed by atoms with Crippen molar-refractivity contribution < 1.29 is 5.11 Å². The van der Waals surface area contributed by atoms with Crippen molar-refractivity contribution in [3.05, 3.63) is 15.9 Å². The average molecular weight is 170 g/mol. The Morgan fingerprint density at radius 2 is 1.75 bits per heavy atom. The largest absolute Gasteiger partial charge is 0.493 e. The highest BCUT2D eigenvalue weighted by Crippen LogP contribution is 2.12. The quantitative estimate of drug-likeness (QED) is 0.710. The van der Waals surface area contributed by atoms with Crippen molar-refractivity contribution in [2.75, 3.05) is 0 Å². The molecule has 4 nitrogen and oxygen atoms in total. The Bertz CT molecular complexity index is 336. The van der Waals surface area contributed by atoms with E-state index in [9.17, 15) is 9.90 Å². The normalized spacial score (nSPS) is 10.6. The number of hydrogen-bond donors (Lipinski definition) is 1. The molecule has 1 aromatic heterocycles. The maximum Gasteiger partial charge on any atom is 0.273 e. The van der Waals surface area contributed by atoms with E-state index < -0.39 is 0 Å². The van der Waals surface area contributed by atoms with Gasteiger partial charge in [0.2, 0.25) is 5.88 Å². The molecule has 0 aliphatic carbocycles. The maximum atomic E-state index is 11.4. The monoisotopic (exact) mass is 170 g/mol. The van der Waals surface area contributed by atoms with Gasteiger partial charge in [0.1, 0.15) is 0 Å². The molecule has 0 atom stereocenters. The SMILES string of the molecule is CCn1c(O)c(C)c(=O)n1CC. The first-order valence-electron chi connectivity index (χ1n) is 4.12. The standard InChI is InChI=1S/C8H14N2O2/c1-4-9-7(11)6(3)8(12)10(9)5-2/h11H,4-5H2,1-3H3. The van der Waals surface area contributed by atoms with Gasteiger partial charge in [-0.1, -0.05) is 0 Å². The van der Waals surface area contributed by atoms with E-state index in [0.717, 1.165) is 0 Å². The van der Waals surface area contributed by atoms with Crippen LogP contribution in [0.25, 0.3) is 0 Å². The predicted molar refractivity (Wildman–Crippen MR) is 46.4 cm³/mol. The molecule has 12 heavy (non-hydrogen) atoms. The molecule has 0 spiro atoms. The molecule has 0 aromatic carbocycles. The summed E-state index contributed by atoms with van der Waals surface area (Å²) >= 11 is 0. The van der Waals surface area contributed by atoms with Crippen LogP contribution in [-0.4, -0.2) is 14.5 Å². The molecule has 0 bridgehead atoms. The molecule has 0 aliphatic rings. The number of nitrogens with zero attached hydrogens (tertiary/aromatic N) is 2. The van der Waals surface area contributed by atoms with Gasteiger partial charge in [-0.3, -0.25) is 9.48 Å². The van der Waals surface area contributed by atoms with E-state index in [1.165, 1.54) is 4.68 Å². The summed E-state index contributed by atoms with van der Waals surface area (Å²) in [4.78, 5) is 11.4. The molecule has 4 heteroatoms. The van der Waals surface area contributed by atoms with Crippen LogP contribution in [0.15, 0.2) is 4.79 Å². The molecule has 0 radical (unpaired) electrons. The Morgan fingerprint density at radius 1 is 1.25 bits per heavy atom. The van der Waals surface area contributed by atoms with Crippen LogP contribution in [0, 0.1) is 6.92 Å². The van der Waals surface area contributed by atoms with Crippen LogP contribution in [0.1, 0.15) is 19.4 Å². The van der Waals surface area contributed by atoms with E-state index in [1.54, 1.807) is 11.6 Å². The molecule has 1 aromatic rings. The number of aromatic nitrogens is 2. The summed E-state index contributed by atoms with van der Waals surface area (Å²) in [5, 5.41) is 9.47. The molecule has 1 rings (SSSR count). The highest BCUT2D eigenvalue weighted by atomic mass is 16.3. The molecule has 68 valence electrons. The van der Waals surface area contributed by atoms with Gasteiger partial charge in [-0.2, -0.15) is 0 Å². The van der Waals surface area contributed by atoms with E-state index in [1.807, 2.05) is 13.8 Å². The first-order chi connectivity index (χ1) is 5.63. The minimum absolute atomic E-state index is 0.0874. The molecular formula is C8H14N2O2. The fourth-order valence-corrected chi connectivity index (χ4v) is 1.34. The van der Waals surface area contributed by atoms with Crippen LogP contribution < -0.4 is 5.56 Å². The molecule has 0 amide bonds. The van der Waals surface area contributed by atoms with Crippen LogP contribution in [0.5, 0.6) is 5.88 Å². The third kappa shape index (κ3) is 1.03. The lowest BCUT2D eigenvalue weighted by atomic mass is 10.4. The zero-order valence-electron chi connectivity index (χ0n) is 7.66. The Labute approximate surface area is 71.0 Å². The Hall–Kier alpha value is -1.19. The van der Waals surface area contributed by atoms with Gasteiger partial charge in [-0.15, -0.1) is 0 Å². The highest BCUT2D eigenvalue weighted by Gasteiger charge is 2.12. The van der Waals surface area contributed by atoms with E-state index >= 15 is 0 Å². The second-order valence-corrected chi connectivity index (χ2v) is 2.69. The fraction of sp³-hybridized carbons (Fsp3) is 0.625. The van der Waals surface area contributed by atoms with Crippen LogP contribution in [-0.2, 0) is 13.1 Å². The summed E-state index contributed by atoms with van der Waals surface area (Å²) < 4.78 is 3.11. The third-order valence-electron chi connectivity index (χ3n) is 2.03. The number of rotatable bonds is 2. The van der Waals surface area contributed by atoms with Crippen molar-refractivity contribution in [2.45, 2.75) is 33.9 Å². The second-order valence-electron chi connectivity index (χ2n) is 2.69. The van der Waals surface area contributed by atoms with Gasteiger partial charge in [0.05, 0.1) is 5.56 Å². The van der Waals surface area contributed by atoms with E-state index in [4.69, 9.17) is 0 Å². The van der Waals surface area contributed by atoms with Gasteiger partial charge >= 0.3 is 0 Å². The van der Waals surface area contributed by atoms with Gasteiger partial charge in [0.15, 0.2) is 0 Å². The van der Waals surface area contributed by atoms with Gasteiger partial charge in [0, 0.05) is 13.1 Å². The lowest BCUT2D eigenvalue weighted by molar-refractivity contribution is 0.364. The molecule has 0 saturated heterocycles. The Balaban J connectivity index is 3.44. The van der Waals surface area contributed by atoms with Crippen LogP contribution in [0.3, 0.4) is 0 Å². The van der Waals surface area contributed by atoms with E-state index in [2.05, 4.69) is 0 Å². The van der Waals surface area contributed by atoms with Crippen LogP contribution in [0.4, 0.5) is 0 Å². The smallest absolute Gasteiger partial charge is 0.273 e. The predicted octanol–water partition coefficient (Wildman–Crippen LogP) is 0.704. The summed E-state index contributed by atoms with van der Waals surface area (Å²) in [6, 6.07) is 0.